The van der Waals surface area contributed by atoms with Crippen LogP contribution in [-0.4, -0.2) is 16.6 Å². The molecule has 5 heteroatoms. The molecule has 0 bridgehead atoms. The molecular formula is C18H21N3OS. The van der Waals surface area contributed by atoms with E-state index in [0.29, 0.717) is 0 Å². The molecule has 0 spiro atoms. The molecule has 0 saturated heterocycles. The Morgan fingerprint density at radius 1 is 1.43 bits per heavy atom. The summed E-state index contributed by atoms with van der Waals surface area (Å²) in [6.07, 6.45) is 8.10. The first-order chi connectivity index (χ1) is 11.2. The maximum absolute atomic E-state index is 12.3. The summed E-state index contributed by atoms with van der Waals surface area (Å²) in [5, 5.41) is 4.20. The van der Waals surface area contributed by atoms with Crippen molar-refractivity contribution in [3.05, 3.63) is 51.5 Å². The number of nitrogens with zero attached hydrogens (tertiary/aromatic N) is 2. The average Bonchev–Trinajstić information content (AvgIpc) is 3.03. The van der Waals surface area contributed by atoms with Gasteiger partial charge >= 0.3 is 0 Å². The summed E-state index contributed by atoms with van der Waals surface area (Å²) < 4.78 is 0. The van der Waals surface area contributed by atoms with Crippen molar-refractivity contribution in [2.24, 2.45) is 11.0 Å². The number of nitrogens with one attached hydrogen (secondary N) is 1. The number of fused-ring (bicyclic) bond motifs is 1. The summed E-state index contributed by atoms with van der Waals surface area (Å²) in [5.41, 5.74) is 5.75. The molecule has 0 aromatic carbocycles. The Morgan fingerprint density at radius 2 is 2.22 bits per heavy atom. The van der Waals surface area contributed by atoms with E-state index in [1.165, 1.54) is 23.3 Å². The van der Waals surface area contributed by atoms with E-state index in [9.17, 15) is 4.79 Å². The lowest BCUT2D eigenvalue weighted by atomic mass is 9.87. The van der Waals surface area contributed by atoms with Crippen LogP contribution >= 0.6 is 11.3 Å². The summed E-state index contributed by atoms with van der Waals surface area (Å²) in [6.45, 7) is 4.12. The van der Waals surface area contributed by atoms with Crippen LogP contribution in [0, 0.1) is 5.92 Å². The van der Waals surface area contributed by atoms with Crippen LogP contribution < -0.4 is 5.43 Å². The van der Waals surface area contributed by atoms with Gasteiger partial charge in [0.25, 0.3) is 5.91 Å². The Balaban J connectivity index is 1.69. The minimum absolute atomic E-state index is 0.120. The zero-order valence-electron chi connectivity index (χ0n) is 13.5. The van der Waals surface area contributed by atoms with Crippen LogP contribution in [0.4, 0.5) is 0 Å². The number of rotatable bonds is 4. The number of hydrazone groups is 1. The van der Waals surface area contributed by atoms with Crippen LogP contribution in [0.2, 0.25) is 0 Å². The van der Waals surface area contributed by atoms with E-state index < -0.39 is 0 Å². The van der Waals surface area contributed by atoms with E-state index in [-0.39, 0.29) is 5.91 Å². The van der Waals surface area contributed by atoms with Gasteiger partial charge in [-0.05, 0) is 55.9 Å². The summed E-state index contributed by atoms with van der Waals surface area (Å²) in [5.74, 6) is 0.644. The summed E-state index contributed by atoms with van der Waals surface area (Å²) in [7, 11) is 0. The van der Waals surface area contributed by atoms with Crippen molar-refractivity contribution in [3.63, 3.8) is 0 Å². The number of amides is 1. The van der Waals surface area contributed by atoms with Crippen LogP contribution in [0.25, 0.3) is 0 Å². The second-order valence-electron chi connectivity index (χ2n) is 5.95. The summed E-state index contributed by atoms with van der Waals surface area (Å²) in [6, 6.07) is 5.80. The SMILES string of the molecule is CC[C@H]1CCc2sc(C(=O)N/N=C(/C)c3ccncc3)cc2C1. The van der Waals surface area contributed by atoms with E-state index in [1.54, 1.807) is 23.7 Å². The quantitative estimate of drug-likeness (QED) is 0.686. The fourth-order valence-corrected chi connectivity index (χ4v) is 4.01. The first kappa shape index (κ1) is 15.9. The van der Waals surface area contributed by atoms with Gasteiger partial charge in [0.1, 0.15) is 0 Å². The molecule has 1 N–H and O–H groups in total. The van der Waals surface area contributed by atoms with Gasteiger partial charge in [-0.15, -0.1) is 11.3 Å². The lowest BCUT2D eigenvalue weighted by Crippen LogP contribution is -2.18. The molecule has 120 valence electrons. The molecule has 3 rings (SSSR count). The third kappa shape index (κ3) is 3.67. The summed E-state index contributed by atoms with van der Waals surface area (Å²) in [4.78, 5) is 18.4. The normalized spacial score (nSPS) is 17.7. The number of aromatic nitrogens is 1. The van der Waals surface area contributed by atoms with Crippen molar-refractivity contribution in [2.75, 3.05) is 0 Å². The van der Waals surface area contributed by atoms with Crippen molar-refractivity contribution in [3.8, 4) is 0 Å². The standard InChI is InChI=1S/C18H21N3OS/c1-3-13-4-5-16-15(10-13)11-17(23-16)18(22)21-20-12(2)14-6-8-19-9-7-14/h6-9,11,13H,3-5,10H2,1-2H3,(H,21,22)/b20-12-/t13-/m0/s1. The lowest BCUT2D eigenvalue weighted by molar-refractivity contribution is 0.0959. The Hall–Kier alpha value is -2.01. The smallest absolute Gasteiger partial charge is 0.266 e. The maximum atomic E-state index is 12.3. The van der Waals surface area contributed by atoms with Crippen LogP contribution in [0.3, 0.4) is 0 Å². The van der Waals surface area contributed by atoms with Crippen LogP contribution in [0.1, 0.15) is 52.4 Å². The molecule has 0 saturated carbocycles. The van der Waals surface area contributed by atoms with Crippen molar-refractivity contribution in [2.45, 2.75) is 39.5 Å². The van der Waals surface area contributed by atoms with Gasteiger partial charge in [-0.1, -0.05) is 13.3 Å². The molecule has 0 unspecified atom stereocenters. The second kappa shape index (κ2) is 7.04. The maximum Gasteiger partial charge on any atom is 0.281 e. The monoisotopic (exact) mass is 327 g/mol. The van der Waals surface area contributed by atoms with E-state index in [0.717, 1.165) is 34.9 Å². The van der Waals surface area contributed by atoms with Gasteiger partial charge in [-0.3, -0.25) is 9.78 Å². The van der Waals surface area contributed by atoms with E-state index in [1.807, 2.05) is 19.1 Å². The molecule has 1 aliphatic rings. The molecule has 2 aromatic heterocycles. The van der Waals surface area contributed by atoms with Gasteiger partial charge in [-0.2, -0.15) is 5.10 Å². The highest BCUT2D eigenvalue weighted by Crippen LogP contribution is 2.33. The van der Waals surface area contributed by atoms with E-state index in [2.05, 4.69) is 28.5 Å². The second-order valence-corrected chi connectivity index (χ2v) is 7.09. The molecule has 1 aliphatic carbocycles. The highest BCUT2D eigenvalue weighted by atomic mass is 32.1. The molecule has 0 aliphatic heterocycles. The fourth-order valence-electron chi connectivity index (χ4n) is 2.91. The average molecular weight is 327 g/mol. The molecule has 0 fully saturated rings. The number of carbonyl (C=O) groups excluding carboxylic acids is 1. The zero-order valence-corrected chi connectivity index (χ0v) is 14.3. The Bertz CT molecular complexity index is 721. The Morgan fingerprint density at radius 3 is 2.96 bits per heavy atom. The molecule has 0 radical (unpaired) electrons. The lowest BCUT2D eigenvalue weighted by Gasteiger charge is -2.19. The molecule has 2 aromatic rings. The molecule has 23 heavy (non-hydrogen) atoms. The van der Waals surface area contributed by atoms with Crippen LogP contribution in [-0.2, 0) is 12.8 Å². The number of carbonyl (C=O) groups is 1. The molecule has 2 heterocycles. The minimum Gasteiger partial charge on any atom is -0.266 e. The van der Waals surface area contributed by atoms with Gasteiger partial charge < -0.3 is 0 Å². The van der Waals surface area contributed by atoms with Crippen molar-refractivity contribution in [1.82, 2.24) is 10.4 Å². The molecule has 4 nitrogen and oxygen atoms in total. The highest BCUT2D eigenvalue weighted by molar-refractivity contribution is 7.14. The molecule has 1 atom stereocenters. The van der Waals surface area contributed by atoms with Gasteiger partial charge in [-0.25, -0.2) is 5.43 Å². The number of pyridine rings is 1. The van der Waals surface area contributed by atoms with Gasteiger partial charge in [0.15, 0.2) is 0 Å². The third-order valence-electron chi connectivity index (χ3n) is 4.41. The van der Waals surface area contributed by atoms with Gasteiger partial charge in [0, 0.05) is 22.8 Å². The number of thiophene rings is 1. The predicted molar refractivity (Wildman–Crippen MR) is 94.0 cm³/mol. The van der Waals surface area contributed by atoms with Crippen LogP contribution in [0.15, 0.2) is 35.7 Å². The van der Waals surface area contributed by atoms with Crippen molar-refractivity contribution < 1.29 is 4.79 Å². The minimum atomic E-state index is -0.120. The first-order valence-electron chi connectivity index (χ1n) is 8.04. The van der Waals surface area contributed by atoms with E-state index in [4.69, 9.17) is 0 Å². The van der Waals surface area contributed by atoms with Crippen molar-refractivity contribution in [1.29, 1.82) is 0 Å². The first-order valence-corrected chi connectivity index (χ1v) is 8.85. The highest BCUT2D eigenvalue weighted by Gasteiger charge is 2.21. The number of hydrogen-bond donors (Lipinski definition) is 1. The van der Waals surface area contributed by atoms with Gasteiger partial charge in [0.05, 0.1) is 10.6 Å². The third-order valence-corrected chi connectivity index (χ3v) is 5.65. The largest absolute Gasteiger partial charge is 0.281 e. The zero-order chi connectivity index (χ0) is 16.2. The van der Waals surface area contributed by atoms with Crippen molar-refractivity contribution >= 4 is 23.0 Å². The predicted octanol–water partition coefficient (Wildman–Crippen LogP) is 3.81. The molecular weight excluding hydrogens is 306 g/mol. The number of hydrogen-bond acceptors (Lipinski definition) is 4. The van der Waals surface area contributed by atoms with E-state index >= 15 is 0 Å². The topological polar surface area (TPSA) is 54.4 Å². The van der Waals surface area contributed by atoms with Crippen LogP contribution in [0.5, 0.6) is 0 Å². The number of aryl methyl sites for hydroxylation is 1. The molecule has 1 amide bonds. The Labute approximate surface area is 140 Å². The van der Waals surface area contributed by atoms with Gasteiger partial charge in [0.2, 0.25) is 0 Å². The fraction of sp³-hybridized carbons (Fsp3) is 0.389. The Kier molecular flexibility index (Phi) is 4.86. The summed E-state index contributed by atoms with van der Waals surface area (Å²) >= 11 is 1.61.